The molecule has 368 valence electrons. The average Bonchev–Trinajstić information content (AvgIpc) is 3.23. The van der Waals surface area contributed by atoms with E-state index in [4.69, 9.17) is 18.9 Å². The fourth-order valence-electron chi connectivity index (χ4n) is 7.39. The monoisotopic (exact) mass is 898 g/mol. The Morgan fingerprint density at radius 1 is 0.492 bits per heavy atom. The molecule has 16 heteroatoms. The molecule has 0 saturated carbocycles. The van der Waals surface area contributed by atoms with E-state index in [1.54, 1.807) is 0 Å². The number of hydrogen-bond acceptors (Lipinski definition) is 16. The first-order valence-corrected chi connectivity index (χ1v) is 24.4. The number of hydrogen-bond donors (Lipinski definition) is 3. The lowest BCUT2D eigenvalue weighted by molar-refractivity contribution is -0.146. The van der Waals surface area contributed by atoms with E-state index in [1.165, 1.54) is 0 Å². The molecule has 2 aliphatic rings. The summed E-state index contributed by atoms with van der Waals surface area (Å²) >= 11 is 0. The van der Waals surface area contributed by atoms with Gasteiger partial charge in [0, 0.05) is 85.1 Å². The van der Waals surface area contributed by atoms with Crippen molar-refractivity contribution in [2.75, 3.05) is 158 Å². The van der Waals surface area contributed by atoms with E-state index in [-0.39, 0.29) is 67.4 Å². The predicted molar refractivity (Wildman–Crippen MR) is 249 cm³/mol. The SMILES string of the molecule is CN1CCN(CCCNCCC(=O)OCCC(C)(C)CCOC(=O)CCN(CCCCCO)CCC(=O)OCCC(C)(C)CCOC(=O)CCNCCCN2CCN(C)CC2)CC1. The van der Waals surface area contributed by atoms with Crippen LogP contribution in [0.3, 0.4) is 0 Å². The van der Waals surface area contributed by atoms with Crippen LogP contribution in [0.2, 0.25) is 0 Å². The summed E-state index contributed by atoms with van der Waals surface area (Å²) in [6.45, 7) is 25.5. The number of carbonyl (C=O) groups is 4. The fraction of sp³-hybridized carbons (Fsp3) is 0.915. The second-order valence-corrected chi connectivity index (χ2v) is 19.3. The molecule has 0 atom stereocenters. The zero-order valence-electron chi connectivity index (χ0n) is 40.7. The van der Waals surface area contributed by atoms with Gasteiger partial charge >= 0.3 is 23.9 Å². The first-order chi connectivity index (χ1) is 30.2. The molecular formula is C47H91N7O9. The highest BCUT2D eigenvalue weighted by atomic mass is 16.5. The molecule has 3 N–H and O–H groups in total. The Hall–Kier alpha value is -2.44. The van der Waals surface area contributed by atoms with Crippen LogP contribution in [0.1, 0.15) is 111 Å². The molecular weight excluding hydrogens is 807 g/mol. The first kappa shape index (κ1) is 56.7. The van der Waals surface area contributed by atoms with Crippen LogP contribution in [0.4, 0.5) is 0 Å². The van der Waals surface area contributed by atoms with Gasteiger partial charge in [0.05, 0.1) is 52.1 Å². The number of nitrogens with one attached hydrogen (secondary N) is 2. The number of rotatable bonds is 37. The maximum atomic E-state index is 12.7. The maximum Gasteiger partial charge on any atom is 0.307 e. The zero-order chi connectivity index (χ0) is 46.2. The highest BCUT2D eigenvalue weighted by molar-refractivity contribution is 5.70. The van der Waals surface area contributed by atoms with Gasteiger partial charge in [-0.15, -0.1) is 0 Å². The third-order valence-corrected chi connectivity index (χ3v) is 12.4. The van der Waals surface area contributed by atoms with Crippen molar-refractivity contribution in [2.45, 2.75) is 111 Å². The van der Waals surface area contributed by atoms with E-state index < -0.39 is 0 Å². The van der Waals surface area contributed by atoms with Crippen molar-refractivity contribution in [2.24, 2.45) is 10.8 Å². The Kier molecular flexibility index (Phi) is 30.6. The quantitative estimate of drug-likeness (QED) is 0.0473. The molecule has 2 heterocycles. The minimum absolute atomic E-state index is 0.140. The number of likely N-dealkylation sites (N-methyl/N-ethyl adjacent to an activating group) is 2. The van der Waals surface area contributed by atoms with Gasteiger partial charge in [-0.05, 0) is 115 Å². The van der Waals surface area contributed by atoms with Crippen LogP contribution in [0.25, 0.3) is 0 Å². The molecule has 16 nitrogen and oxygen atoms in total. The minimum atomic E-state index is -0.284. The van der Waals surface area contributed by atoms with E-state index in [9.17, 15) is 24.3 Å². The van der Waals surface area contributed by atoms with Gasteiger partial charge in [-0.25, -0.2) is 0 Å². The lowest BCUT2D eigenvalue weighted by Gasteiger charge is -2.32. The van der Waals surface area contributed by atoms with Gasteiger partial charge in [0.2, 0.25) is 0 Å². The van der Waals surface area contributed by atoms with Crippen LogP contribution < -0.4 is 10.6 Å². The van der Waals surface area contributed by atoms with Crippen molar-refractivity contribution in [1.82, 2.24) is 35.1 Å². The highest BCUT2D eigenvalue weighted by Crippen LogP contribution is 2.26. The van der Waals surface area contributed by atoms with Crippen LogP contribution in [0.15, 0.2) is 0 Å². The van der Waals surface area contributed by atoms with Gasteiger partial charge in [0.1, 0.15) is 0 Å². The van der Waals surface area contributed by atoms with Crippen LogP contribution in [-0.2, 0) is 38.1 Å². The average molecular weight is 898 g/mol. The van der Waals surface area contributed by atoms with Gasteiger partial charge in [0.25, 0.3) is 0 Å². The largest absolute Gasteiger partial charge is 0.466 e. The van der Waals surface area contributed by atoms with Gasteiger partial charge in [-0.1, -0.05) is 27.7 Å². The smallest absolute Gasteiger partial charge is 0.307 e. The number of unbranched alkanes of at least 4 members (excludes halogenated alkanes) is 2. The highest BCUT2D eigenvalue weighted by Gasteiger charge is 2.22. The Labute approximate surface area is 381 Å². The Morgan fingerprint density at radius 2 is 0.857 bits per heavy atom. The number of esters is 4. The second kappa shape index (κ2) is 34.0. The Balaban J connectivity index is 1.53. The molecule has 0 spiro atoms. The van der Waals surface area contributed by atoms with Crippen molar-refractivity contribution >= 4 is 23.9 Å². The number of nitrogens with zero attached hydrogens (tertiary/aromatic N) is 5. The first-order valence-electron chi connectivity index (χ1n) is 24.4. The molecule has 0 aromatic rings. The van der Waals surface area contributed by atoms with Gasteiger partial charge in [0.15, 0.2) is 0 Å². The predicted octanol–water partition coefficient (Wildman–Crippen LogP) is 3.25. The van der Waals surface area contributed by atoms with E-state index in [0.29, 0.717) is 90.9 Å². The van der Waals surface area contributed by atoms with Crippen LogP contribution in [0.5, 0.6) is 0 Å². The van der Waals surface area contributed by atoms with E-state index in [2.05, 4.69) is 76.9 Å². The van der Waals surface area contributed by atoms with Crippen molar-refractivity contribution in [3.63, 3.8) is 0 Å². The molecule has 2 fully saturated rings. The Bertz CT molecular complexity index is 1140. The molecule has 0 unspecified atom stereocenters. The summed E-state index contributed by atoms with van der Waals surface area (Å²) in [5.74, 6) is -0.966. The summed E-state index contributed by atoms with van der Waals surface area (Å²) in [7, 11) is 4.33. The molecule has 0 aromatic heterocycles. The number of piperazine rings is 2. The maximum absolute atomic E-state index is 12.7. The molecule has 63 heavy (non-hydrogen) atoms. The Morgan fingerprint density at radius 3 is 1.22 bits per heavy atom. The zero-order valence-corrected chi connectivity index (χ0v) is 40.7. The molecule has 2 aliphatic heterocycles. The molecule has 0 aromatic carbocycles. The normalized spacial score (nSPS) is 16.1. The summed E-state index contributed by atoms with van der Waals surface area (Å²) in [5.41, 5.74) is -0.323. The van der Waals surface area contributed by atoms with Crippen molar-refractivity contribution in [3.8, 4) is 0 Å². The number of ether oxygens (including phenoxy) is 4. The number of aliphatic hydroxyl groups is 1. The summed E-state index contributed by atoms with van der Waals surface area (Å²) < 4.78 is 22.1. The third-order valence-electron chi connectivity index (χ3n) is 12.4. The van der Waals surface area contributed by atoms with Crippen molar-refractivity contribution in [1.29, 1.82) is 0 Å². The second-order valence-electron chi connectivity index (χ2n) is 19.3. The lowest BCUT2D eigenvalue weighted by atomic mass is 9.86. The van der Waals surface area contributed by atoms with E-state index in [1.807, 2.05) is 0 Å². The van der Waals surface area contributed by atoms with Crippen LogP contribution in [-0.4, -0.2) is 212 Å². The number of aliphatic hydroxyl groups excluding tert-OH is 1. The van der Waals surface area contributed by atoms with Crippen LogP contribution in [0, 0.1) is 10.8 Å². The van der Waals surface area contributed by atoms with Gasteiger partial charge < -0.3 is 59.2 Å². The standard InChI is InChI=1S/C47H91N7O9/c1-46(2,16-38-60-42(56)12-22-48-20-10-25-53-33-29-50(5)30-34-53)18-40-62-44(58)14-27-52(24-8-7-9-37-55)28-15-45(59)63-41-19-47(3,4)17-39-61-43(57)13-23-49-21-11-26-54-35-31-51(6)32-36-54/h48-49,55H,7-41H2,1-6H3. The molecule has 0 aliphatic carbocycles. The van der Waals surface area contributed by atoms with Gasteiger partial charge in [-0.2, -0.15) is 0 Å². The lowest BCUT2D eigenvalue weighted by Crippen LogP contribution is -2.45. The summed E-state index contributed by atoms with van der Waals surface area (Å²) in [5, 5.41) is 15.9. The molecule has 0 radical (unpaired) electrons. The van der Waals surface area contributed by atoms with Crippen molar-refractivity contribution in [3.05, 3.63) is 0 Å². The fourth-order valence-corrected chi connectivity index (χ4v) is 7.39. The van der Waals surface area contributed by atoms with Crippen molar-refractivity contribution < 1.29 is 43.2 Å². The molecule has 0 amide bonds. The molecule has 0 bridgehead atoms. The number of carbonyl (C=O) groups excluding carboxylic acids is 4. The van der Waals surface area contributed by atoms with E-state index in [0.717, 1.165) is 104 Å². The third kappa shape index (κ3) is 31.2. The molecule has 2 saturated heterocycles. The summed E-state index contributed by atoms with van der Waals surface area (Å²) in [4.78, 5) is 61.7. The molecule has 2 rings (SSSR count). The van der Waals surface area contributed by atoms with E-state index >= 15 is 0 Å². The summed E-state index contributed by atoms with van der Waals surface area (Å²) in [6, 6.07) is 0. The van der Waals surface area contributed by atoms with Gasteiger partial charge in [-0.3, -0.25) is 19.2 Å². The summed E-state index contributed by atoms with van der Waals surface area (Å²) in [6.07, 6.45) is 8.34. The topological polar surface area (TPSA) is 166 Å². The van der Waals surface area contributed by atoms with Crippen LogP contribution >= 0.6 is 0 Å². The minimum Gasteiger partial charge on any atom is -0.466 e.